The number of hydrogen-bond donors (Lipinski definition) is 2. The highest BCUT2D eigenvalue weighted by molar-refractivity contribution is 5.34. The van der Waals surface area contributed by atoms with Crippen LogP contribution in [-0.2, 0) is 0 Å². The van der Waals surface area contributed by atoms with E-state index in [1.807, 2.05) is 6.92 Å². The number of aromatic nitrogens is 3. The molecule has 2 aromatic heterocycles. The van der Waals surface area contributed by atoms with E-state index in [4.69, 9.17) is 0 Å². The highest BCUT2D eigenvalue weighted by Crippen LogP contribution is 2.11. The molecule has 0 fully saturated rings. The minimum Gasteiger partial charge on any atom is -0.494 e. The van der Waals surface area contributed by atoms with Crippen molar-refractivity contribution in [1.82, 2.24) is 14.5 Å². The molecule has 0 bridgehead atoms. The molecule has 82 valence electrons. The molecule has 6 nitrogen and oxygen atoms in total. The van der Waals surface area contributed by atoms with Crippen LogP contribution in [0.3, 0.4) is 0 Å². The molecule has 0 aromatic carbocycles. The van der Waals surface area contributed by atoms with Gasteiger partial charge in [0.15, 0.2) is 0 Å². The maximum Gasteiger partial charge on any atom is 0.335 e. The average molecular weight is 219 g/mol. The summed E-state index contributed by atoms with van der Waals surface area (Å²) < 4.78 is 0.974. The summed E-state index contributed by atoms with van der Waals surface area (Å²) in [6.07, 6.45) is 3.05. The van der Waals surface area contributed by atoms with Crippen molar-refractivity contribution in [2.75, 3.05) is 0 Å². The minimum absolute atomic E-state index is 0.402. The van der Waals surface area contributed by atoms with Gasteiger partial charge in [-0.1, -0.05) is 0 Å². The number of nitrogens with zero attached hydrogens (tertiary/aromatic N) is 2. The molecule has 0 aliphatic heterocycles. The first-order chi connectivity index (χ1) is 7.58. The molecule has 0 unspecified atom stereocenters. The summed E-state index contributed by atoms with van der Waals surface area (Å²) in [6, 6.07) is 2.61. The Hall–Kier alpha value is -2.37. The largest absolute Gasteiger partial charge is 0.494 e. The predicted octanol–water partition coefficient (Wildman–Crippen LogP) is -0.0652. The van der Waals surface area contributed by atoms with Gasteiger partial charge in [0.2, 0.25) is 5.88 Å². The molecular weight excluding hydrogens is 210 g/mol. The lowest BCUT2D eigenvalue weighted by Crippen LogP contribution is -2.28. The number of rotatable bonds is 1. The number of hydrogen-bond acceptors (Lipinski definition) is 4. The molecule has 6 heteroatoms. The third-order valence-electron chi connectivity index (χ3n) is 2.04. The monoisotopic (exact) mass is 219 g/mol. The van der Waals surface area contributed by atoms with Crippen molar-refractivity contribution in [2.45, 2.75) is 6.92 Å². The molecular formula is C10H9N3O3. The fourth-order valence-corrected chi connectivity index (χ4v) is 1.39. The third-order valence-corrected chi connectivity index (χ3v) is 2.04. The Balaban J connectivity index is 2.74. The highest BCUT2D eigenvalue weighted by atomic mass is 16.3. The third kappa shape index (κ3) is 1.72. The van der Waals surface area contributed by atoms with Crippen LogP contribution in [0.2, 0.25) is 0 Å². The second-order valence-corrected chi connectivity index (χ2v) is 3.35. The van der Waals surface area contributed by atoms with E-state index in [9.17, 15) is 14.7 Å². The molecule has 0 saturated carbocycles. The van der Waals surface area contributed by atoms with Crippen molar-refractivity contribution in [3.63, 3.8) is 0 Å². The normalized spacial score (nSPS) is 10.3. The molecule has 0 spiro atoms. The summed E-state index contributed by atoms with van der Waals surface area (Å²) in [4.78, 5) is 28.4. The van der Waals surface area contributed by atoms with E-state index in [-0.39, 0.29) is 0 Å². The molecule has 16 heavy (non-hydrogen) atoms. The first-order valence-electron chi connectivity index (χ1n) is 4.55. The smallest absolute Gasteiger partial charge is 0.335 e. The summed E-state index contributed by atoms with van der Waals surface area (Å²) in [7, 11) is 0. The van der Waals surface area contributed by atoms with Crippen LogP contribution < -0.4 is 11.2 Å². The molecule has 0 aliphatic carbocycles. The zero-order chi connectivity index (χ0) is 11.7. The van der Waals surface area contributed by atoms with Crippen LogP contribution in [0, 0.1) is 6.92 Å². The van der Waals surface area contributed by atoms with Gasteiger partial charge >= 0.3 is 5.69 Å². The van der Waals surface area contributed by atoms with Crippen molar-refractivity contribution in [3.8, 4) is 11.6 Å². The van der Waals surface area contributed by atoms with Gasteiger partial charge in [-0.2, -0.15) is 0 Å². The second-order valence-electron chi connectivity index (χ2n) is 3.35. The maximum absolute atomic E-state index is 11.5. The Morgan fingerprint density at radius 1 is 1.31 bits per heavy atom. The minimum atomic E-state index is -0.697. The first kappa shape index (κ1) is 10.2. The van der Waals surface area contributed by atoms with Gasteiger partial charge in [0.1, 0.15) is 0 Å². The highest BCUT2D eigenvalue weighted by Gasteiger charge is 2.07. The summed E-state index contributed by atoms with van der Waals surface area (Å²) in [5, 5.41) is 9.53. The molecule has 2 rings (SSSR count). The van der Waals surface area contributed by atoms with E-state index in [0.29, 0.717) is 5.69 Å². The van der Waals surface area contributed by atoms with E-state index in [0.717, 1.165) is 16.2 Å². The average Bonchev–Trinajstić information content (AvgIpc) is 2.15. The van der Waals surface area contributed by atoms with Crippen LogP contribution in [0.15, 0.2) is 34.1 Å². The zero-order valence-electron chi connectivity index (χ0n) is 8.47. The van der Waals surface area contributed by atoms with Crippen molar-refractivity contribution >= 4 is 0 Å². The van der Waals surface area contributed by atoms with Gasteiger partial charge in [-0.05, 0) is 18.6 Å². The van der Waals surface area contributed by atoms with Gasteiger partial charge in [-0.15, -0.1) is 0 Å². The summed E-state index contributed by atoms with van der Waals surface area (Å²) in [5.41, 5.74) is -0.0921. The van der Waals surface area contributed by atoms with Crippen LogP contribution in [0.5, 0.6) is 5.88 Å². The van der Waals surface area contributed by atoms with Crippen molar-refractivity contribution < 1.29 is 5.11 Å². The van der Waals surface area contributed by atoms with E-state index in [2.05, 4.69) is 9.97 Å². The van der Waals surface area contributed by atoms with E-state index < -0.39 is 17.1 Å². The molecule has 2 N–H and O–H groups in total. The lowest BCUT2D eigenvalue weighted by atomic mass is 10.3. The second kappa shape index (κ2) is 3.65. The van der Waals surface area contributed by atoms with Crippen LogP contribution in [0.4, 0.5) is 0 Å². The Morgan fingerprint density at radius 2 is 2.06 bits per heavy atom. The number of aromatic hydroxyl groups is 1. The van der Waals surface area contributed by atoms with Crippen molar-refractivity contribution in [1.29, 1.82) is 0 Å². The van der Waals surface area contributed by atoms with Gasteiger partial charge < -0.3 is 5.11 Å². The predicted molar refractivity (Wildman–Crippen MR) is 56.9 cm³/mol. The number of aromatic amines is 1. The molecule has 0 amide bonds. The summed E-state index contributed by atoms with van der Waals surface area (Å²) in [6.45, 7) is 1.81. The Morgan fingerprint density at radius 3 is 2.69 bits per heavy atom. The number of pyridine rings is 1. The summed E-state index contributed by atoms with van der Waals surface area (Å²) in [5.74, 6) is -0.416. The summed E-state index contributed by atoms with van der Waals surface area (Å²) >= 11 is 0. The lowest BCUT2D eigenvalue weighted by Gasteiger charge is -2.06. The topological polar surface area (TPSA) is 88.0 Å². The molecule has 0 radical (unpaired) electrons. The van der Waals surface area contributed by atoms with Gasteiger partial charge in [0.05, 0.1) is 18.0 Å². The van der Waals surface area contributed by atoms with Crippen LogP contribution >= 0.6 is 0 Å². The number of aryl methyl sites for hydroxylation is 1. The maximum atomic E-state index is 11.5. The van der Waals surface area contributed by atoms with Crippen molar-refractivity contribution in [2.24, 2.45) is 0 Å². The quantitative estimate of drug-likeness (QED) is 0.703. The fraction of sp³-hybridized carbons (Fsp3) is 0.100. The van der Waals surface area contributed by atoms with E-state index >= 15 is 0 Å². The SMILES string of the molecule is Cc1cncc(-n2c(O)cc(=O)[nH]c2=O)c1. The van der Waals surface area contributed by atoms with Gasteiger partial charge in [-0.3, -0.25) is 14.8 Å². The molecule has 0 saturated heterocycles. The van der Waals surface area contributed by atoms with Gasteiger partial charge in [0, 0.05) is 6.20 Å². The Labute approximate surface area is 89.8 Å². The lowest BCUT2D eigenvalue weighted by molar-refractivity contribution is 0.431. The van der Waals surface area contributed by atoms with E-state index in [1.54, 1.807) is 12.3 Å². The van der Waals surface area contributed by atoms with E-state index in [1.165, 1.54) is 6.20 Å². The fourth-order valence-electron chi connectivity index (χ4n) is 1.39. The molecule has 0 aliphatic rings. The van der Waals surface area contributed by atoms with Crippen LogP contribution in [0.25, 0.3) is 5.69 Å². The first-order valence-corrected chi connectivity index (χ1v) is 4.55. The van der Waals surface area contributed by atoms with Gasteiger partial charge in [-0.25, -0.2) is 9.36 Å². The molecule has 2 heterocycles. The number of H-pyrrole nitrogens is 1. The number of nitrogens with one attached hydrogen (secondary N) is 1. The standard InChI is InChI=1S/C10H9N3O3/c1-6-2-7(5-11-4-6)13-9(15)3-8(14)12-10(13)16/h2-5,15H,1H3,(H,12,14,16). The van der Waals surface area contributed by atoms with Crippen molar-refractivity contribution in [3.05, 3.63) is 50.9 Å². The molecule has 0 atom stereocenters. The Bertz CT molecular complexity index is 642. The van der Waals surface area contributed by atoms with Crippen LogP contribution in [-0.4, -0.2) is 19.6 Å². The van der Waals surface area contributed by atoms with Crippen LogP contribution in [0.1, 0.15) is 5.56 Å². The van der Waals surface area contributed by atoms with Gasteiger partial charge in [0.25, 0.3) is 5.56 Å². The Kier molecular flexibility index (Phi) is 2.32. The zero-order valence-corrected chi connectivity index (χ0v) is 8.47. The molecule has 2 aromatic rings.